The van der Waals surface area contributed by atoms with E-state index in [1.54, 1.807) is 32.0 Å². The van der Waals surface area contributed by atoms with E-state index in [1.165, 1.54) is 6.20 Å². The van der Waals surface area contributed by atoms with Crippen molar-refractivity contribution in [2.45, 2.75) is 63.9 Å². The Hall–Kier alpha value is -7.18. The number of alkyl carbamates (subject to hydrolysis) is 1. The molecule has 1 atom stereocenters. The number of ether oxygens (including phenoxy) is 2. The minimum absolute atomic E-state index is 0.00656. The molecule has 1 aliphatic carbocycles. The summed E-state index contributed by atoms with van der Waals surface area (Å²) in [6.07, 6.45) is 4.74. The molecule has 3 heterocycles. The highest BCUT2D eigenvalue weighted by Gasteiger charge is 2.49. The van der Waals surface area contributed by atoms with E-state index >= 15 is 4.39 Å². The first kappa shape index (κ1) is 42.9. The fourth-order valence-corrected chi connectivity index (χ4v) is 7.45. The molecule has 0 radical (unpaired) electrons. The van der Waals surface area contributed by atoms with Crippen LogP contribution in [-0.4, -0.2) is 93.0 Å². The van der Waals surface area contributed by atoms with Gasteiger partial charge in [0.15, 0.2) is 0 Å². The number of benzene rings is 3. The Bertz CT molecular complexity index is 2470. The van der Waals surface area contributed by atoms with Crippen molar-refractivity contribution in [1.29, 1.82) is 0 Å². The van der Waals surface area contributed by atoms with E-state index in [0.29, 0.717) is 69.6 Å². The van der Waals surface area contributed by atoms with Crippen molar-refractivity contribution in [3.8, 4) is 0 Å². The van der Waals surface area contributed by atoms with E-state index in [1.807, 2.05) is 60.8 Å². The number of carboxylic acids is 1. The molecule has 6 N–H and O–H groups in total. The van der Waals surface area contributed by atoms with Gasteiger partial charge in [0, 0.05) is 63.1 Å². The van der Waals surface area contributed by atoms with Crippen molar-refractivity contribution in [2.75, 3.05) is 49.5 Å². The average Bonchev–Trinajstić information content (AvgIpc) is 3.88. The summed E-state index contributed by atoms with van der Waals surface area (Å²) in [5.74, 6) is -2.02. The second-order valence-electron chi connectivity index (χ2n) is 15.3. The van der Waals surface area contributed by atoms with Crippen molar-refractivity contribution in [1.82, 2.24) is 35.1 Å². The molecule has 7 rings (SSSR count). The molecule has 1 aliphatic heterocycles. The second-order valence-corrected chi connectivity index (χ2v) is 15.3. The van der Waals surface area contributed by atoms with Crippen molar-refractivity contribution in [3.05, 3.63) is 118 Å². The molecule has 2 fully saturated rings. The lowest BCUT2D eigenvalue weighted by molar-refractivity contribution is 0.0694. The van der Waals surface area contributed by atoms with Gasteiger partial charge >= 0.3 is 24.2 Å². The summed E-state index contributed by atoms with van der Waals surface area (Å²) in [6, 6.07) is 18.8. The maximum absolute atomic E-state index is 15.3. The Morgan fingerprint density at radius 3 is 2.34 bits per heavy atom. The van der Waals surface area contributed by atoms with Crippen LogP contribution in [0.5, 0.6) is 0 Å². The maximum atomic E-state index is 15.3. The fourth-order valence-electron chi connectivity index (χ4n) is 7.45. The predicted octanol–water partition coefficient (Wildman–Crippen LogP) is 4.93. The fraction of sp³-hybridized carbons (Fsp3) is 0.372. The number of nitrogens with two attached hydrogens (primary N) is 1. The zero-order valence-electron chi connectivity index (χ0n) is 34.2. The lowest BCUT2D eigenvalue weighted by atomic mass is 10.1. The summed E-state index contributed by atoms with van der Waals surface area (Å²) in [6.45, 7) is 4.43. The first-order valence-electron chi connectivity index (χ1n) is 20.5. The number of carbonyl (C=O) groups excluding carboxylic acids is 3. The van der Waals surface area contributed by atoms with Crippen LogP contribution in [0, 0.1) is 5.82 Å². The molecule has 0 bridgehead atoms. The van der Waals surface area contributed by atoms with Crippen LogP contribution < -0.4 is 32.0 Å². The van der Waals surface area contributed by atoms with Crippen LogP contribution in [0.25, 0.3) is 10.9 Å². The molecule has 1 saturated heterocycles. The normalized spacial score (nSPS) is 14.8. The Morgan fingerprint density at radius 1 is 0.952 bits per heavy atom. The van der Waals surface area contributed by atoms with E-state index < -0.39 is 46.5 Å². The van der Waals surface area contributed by atoms with Crippen LogP contribution in [-0.2, 0) is 34.8 Å². The summed E-state index contributed by atoms with van der Waals surface area (Å²) < 4.78 is 29.8. The van der Waals surface area contributed by atoms with Gasteiger partial charge in [0.2, 0.25) is 5.43 Å². The van der Waals surface area contributed by atoms with Crippen LogP contribution in [0.15, 0.2) is 83.9 Å². The molecule has 2 aromatic heterocycles. The smallest absolute Gasteiger partial charge is 0.410 e. The number of nitrogens with zero attached hydrogens (tertiary/aromatic N) is 6. The Labute approximate surface area is 355 Å². The first-order valence-corrected chi connectivity index (χ1v) is 20.5. The molecule has 62 heavy (non-hydrogen) atoms. The van der Waals surface area contributed by atoms with Gasteiger partial charge < -0.3 is 50.6 Å². The van der Waals surface area contributed by atoms with Crippen LogP contribution in [0.1, 0.15) is 65.8 Å². The molecular formula is C43H49FN10O8. The number of fused-ring (bicyclic) bond motifs is 1. The number of piperazine rings is 1. The number of hydrogen-bond acceptors (Lipinski definition) is 11. The summed E-state index contributed by atoms with van der Waals surface area (Å²) in [5, 5.41) is 27.3. The second kappa shape index (κ2) is 19.0. The number of hydrogen-bond donors (Lipinski definition) is 5. The van der Waals surface area contributed by atoms with E-state index in [-0.39, 0.29) is 43.4 Å². The quantitative estimate of drug-likeness (QED) is 0.0786. The molecule has 1 saturated carbocycles. The van der Waals surface area contributed by atoms with Crippen molar-refractivity contribution in [3.63, 3.8) is 0 Å². The third-order valence-corrected chi connectivity index (χ3v) is 11.1. The number of anilines is 2. The number of primary amides is 1. The van der Waals surface area contributed by atoms with Gasteiger partial charge in [0.05, 0.1) is 29.0 Å². The zero-order chi connectivity index (χ0) is 43.8. The highest BCUT2D eigenvalue weighted by molar-refractivity contribution is 5.93. The molecule has 18 nitrogen and oxygen atoms in total. The number of nitrogens with one attached hydrogen (secondary N) is 3. The summed E-state index contributed by atoms with van der Waals surface area (Å²) in [4.78, 5) is 64.7. The van der Waals surface area contributed by atoms with Crippen molar-refractivity contribution >= 4 is 46.5 Å². The van der Waals surface area contributed by atoms with Gasteiger partial charge in [-0.15, -0.1) is 5.10 Å². The van der Waals surface area contributed by atoms with Gasteiger partial charge in [-0.05, 0) is 68.0 Å². The highest BCUT2D eigenvalue weighted by atomic mass is 19.1. The first-order chi connectivity index (χ1) is 29.9. The molecule has 326 valence electrons. The summed E-state index contributed by atoms with van der Waals surface area (Å²) in [5.41, 5.74) is 7.25. The van der Waals surface area contributed by atoms with Crippen molar-refractivity contribution in [2.24, 2.45) is 5.73 Å². The topological polar surface area (TPSA) is 228 Å². The number of aromatic nitrogens is 4. The third-order valence-electron chi connectivity index (χ3n) is 11.1. The van der Waals surface area contributed by atoms with Gasteiger partial charge in [-0.1, -0.05) is 47.7 Å². The minimum atomic E-state index is -1.37. The molecule has 0 spiro atoms. The largest absolute Gasteiger partial charge is 0.477 e. The Balaban J connectivity index is 0.904. The summed E-state index contributed by atoms with van der Waals surface area (Å²) >= 11 is 0. The van der Waals surface area contributed by atoms with Gasteiger partial charge in [0.1, 0.15) is 30.3 Å². The number of carboxylic acid groups (broad SMARTS) is 1. The third kappa shape index (κ3) is 10.2. The lowest BCUT2D eigenvalue weighted by Crippen LogP contribution is -2.49. The van der Waals surface area contributed by atoms with Crippen LogP contribution in [0.4, 0.5) is 30.1 Å². The maximum Gasteiger partial charge on any atom is 0.410 e. The average molecular weight is 853 g/mol. The van der Waals surface area contributed by atoms with E-state index in [2.05, 4.69) is 26.3 Å². The number of aromatic carboxylic acids is 1. The van der Waals surface area contributed by atoms with E-state index in [9.17, 15) is 29.1 Å². The molecule has 3 aromatic carbocycles. The number of pyridine rings is 1. The Morgan fingerprint density at radius 2 is 1.66 bits per heavy atom. The van der Waals surface area contributed by atoms with E-state index in [0.717, 1.165) is 22.9 Å². The van der Waals surface area contributed by atoms with Crippen molar-refractivity contribution < 1.29 is 38.1 Å². The van der Waals surface area contributed by atoms with Gasteiger partial charge in [-0.2, -0.15) is 0 Å². The molecule has 4 amide bonds. The standard InChI is InChI=1S/C43H49FN10O8/c1-2-51-24-33(39(56)57)38(55)32-21-34(44)36(22-35(32)51)52-17-19-53(20-18-52)42(60)62-27-29-10-12-30(13-11-29)47-23-31(9-6-16-46-40(45)58)54-25-37(49-50-54)43(14-15-43)48-41(59)61-26-28-7-4-3-5-8-28/h3-5,7-8,10-13,21-22,24-25,31,47H,2,6,9,14-20,23,26-27H2,1H3,(H,48,59)(H,56,57)(H3,45,46,58). The molecular weight excluding hydrogens is 804 g/mol. The number of amides is 4. The van der Waals surface area contributed by atoms with Crippen LogP contribution in [0.2, 0.25) is 0 Å². The predicted molar refractivity (Wildman–Crippen MR) is 226 cm³/mol. The molecule has 2 aliphatic rings. The van der Waals surface area contributed by atoms with Crippen LogP contribution in [0.3, 0.4) is 0 Å². The van der Waals surface area contributed by atoms with Gasteiger partial charge in [-0.3, -0.25) is 4.79 Å². The number of halogens is 1. The molecule has 19 heteroatoms. The van der Waals surface area contributed by atoms with Gasteiger partial charge in [-0.25, -0.2) is 28.3 Å². The van der Waals surface area contributed by atoms with Crippen LogP contribution >= 0.6 is 0 Å². The highest BCUT2D eigenvalue weighted by Crippen LogP contribution is 2.44. The monoisotopic (exact) mass is 852 g/mol. The lowest BCUT2D eigenvalue weighted by Gasteiger charge is -2.35. The number of carbonyl (C=O) groups is 4. The number of rotatable bonds is 17. The zero-order valence-corrected chi connectivity index (χ0v) is 34.2. The SMILES string of the molecule is CCn1cc(C(=O)O)c(=O)c2cc(F)c(N3CCN(C(=O)OCc4ccc(NCC(CCCNC(N)=O)n5cc(C6(NC(=O)OCc7ccccc7)CC6)nn5)cc4)CC3)cc21. The Kier molecular flexibility index (Phi) is 13.2. The molecule has 1 unspecified atom stereocenters. The number of urea groups is 1. The molecule has 5 aromatic rings. The number of aryl methyl sites for hydroxylation is 1. The summed E-state index contributed by atoms with van der Waals surface area (Å²) in [7, 11) is 0. The minimum Gasteiger partial charge on any atom is -0.477 e. The van der Waals surface area contributed by atoms with Gasteiger partial charge in [0.25, 0.3) is 0 Å². The van der Waals surface area contributed by atoms with E-state index in [4.69, 9.17) is 15.2 Å².